The maximum atomic E-state index is 13.1. The van der Waals surface area contributed by atoms with Crippen molar-refractivity contribution in [2.75, 3.05) is 16.2 Å². The Kier molecular flexibility index (Phi) is 14.2. The Morgan fingerprint density at radius 3 is 1.86 bits per heavy atom. The number of nitrogens with zero attached hydrogens (tertiary/aromatic N) is 1. The molecule has 8 heteroatoms. The van der Waals surface area contributed by atoms with Crippen molar-refractivity contribution in [2.24, 2.45) is 0 Å². The summed E-state index contributed by atoms with van der Waals surface area (Å²) in [5.74, 6) is -0.103. The number of hydrogen-bond acceptors (Lipinski definition) is 4. The average molecular weight is 546 g/mol. The molecule has 37 heavy (non-hydrogen) atoms. The molecular formula is C29H43N3O3S2. The SMILES string of the molecule is CCCCCCCCCCCCCC(=O)NC(=S)Nc1ccc(S(=O)(=O)N(CC)c2ccccc2)cc1. The van der Waals surface area contributed by atoms with Crippen molar-refractivity contribution in [3.8, 4) is 0 Å². The molecule has 6 nitrogen and oxygen atoms in total. The van der Waals surface area contributed by atoms with Crippen molar-refractivity contribution in [1.82, 2.24) is 5.32 Å². The fraction of sp³-hybridized carbons (Fsp3) is 0.517. The molecule has 2 aromatic rings. The summed E-state index contributed by atoms with van der Waals surface area (Å²) in [5.41, 5.74) is 1.23. The summed E-state index contributed by atoms with van der Waals surface area (Å²) >= 11 is 5.26. The monoisotopic (exact) mass is 545 g/mol. The molecule has 0 bridgehead atoms. The predicted octanol–water partition coefficient (Wildman–Crippen LogP) is 7.42. The van der Waals surface area contributed by atoms with Crippen LogP contribution in [0, 0.1) is 0 Å². The number of benzene rings is 2. The first-order valence-electron chi connectivity index (χ1n) is 13.7. The largest absolute Gasteiger partial charge is 0.332 e. The highest BCUT2D eigenvalue weighted by molar-refractivity contribution is 7.92. The molecule has 0 heterocycles. The Balaban J connectivity index is 1.69. The summed E-state index contributed by atoms with van der Waals surface area (Å²) in [6.45, 7) is 4.37. The summed E-state index contributed by atoms with van der Waals surface area (Å²) in [5, 5.41) is 5.88. The van der Waals surface area contributed by atoms with Gasteiger partial charge in [0, 0.05) is 18.7 Å². The molecule has 0 aromatic heterocycles. The van der Waals surface area contributed by atoms with Crippen molar-refractivity contribution < 1.29 is 13.2 Å². The first kappa shape index (κ1) is 30.8. The normalized spacial score (nSPS) is 11.2. The van der Waals surface area contributed by atoms with E-state index in [1.807, 2.05) is 18.2 Å². The van der Waals surface area contributed by atoms with E-state index in [4.69, 9.17) is 12.2 Å². The van der Waals surface area contributed by atoms with Gasteiger partial charge in [0.25, 0.3) is 10.0 Å². The van der Waals surface area contributed by atoms with Crippen LogP contribution in [0.4, 0.5) is 11.4 Å². The summed E-state index contributed by atoms with van der Waals surface area (Å²) in [6, 6.07) is 15.4. The van der Waals surface area contributed by atoms with E-state index in [2.05, 4.69) is 17.6 Å². The zero-order chi connectivity index (χ0) is 26.9. The van der Waals surface area contributed by atoms with Gasteiger partial charge in [0.05, 0.1) is 10.6 Å². The number of amides is 1. The number of unbranched alkanes of at least 4 members (excludes halogenated alkanes) is 10. The molecular weight excluding hydrogens is 502 g/mol. The highest BCUT2D eigenvalue weighted by Crippen LogP contribution is 2.24. The van der Waals surface area contributed by atoms with Crippen LogP contribution in [0.3, 0.4) is 0 Å². The molecule has 0 unspecified atom stereocenters. The maximum Gasteiger partial charge on any atom is 0.264 e. The van der Waals surface area contributed by atoms with Crippen LogP contribution < -0.4 is 14.9 Å². The fourth-order valence-corrected chi connectivity index (χ4v) is 5.93. The number of para-hydroxylation sites is 1. The van der Waals surface area contributed by atoms with Gasteiger partial charge in [-0.3, -0.25) is 9.10 Å². The van der Waals surface area contributed by atoms with Gasteiger partial charge in [-0.15, -0.1) is 0 Å². The van der Waals surface area contributed by atoms with Crippen LogP contribution in [-0.2, 0) is 14.8 Å². The van der Waals surface area contributed by atoms with Gasteiger partial charge in [-0.2, -0.15) is 0 Å². The Labute approximate surface area is 229 Å². The number of rotatable bonds is 17. The Hall–Kier alpha value is -2.45. The van der Waals surface area contributed by atoms with E-state index in [1.54, 1.807) is 43.3 Å². The Morgan fingerprint density at radius 1 is 0.784 bits per heavy atom. The number of anilines is 2. The highest BCUT2D eigenvalue weighted by Gasteiger charge is 2.23. The van der Waals surface area contributed by atoms with E-state index in [-0.39, 0.29) is 15.9 Å². The first-order valence-corrected chi connectivity index (χ1v) is 15.5. The van der Waals surface area contributed by atoms with E-state index < -0.39 is 10.0 Å². The van der Waals surface area contributed by atoms with Crippen molar-refractivity contribution in [3.05, 3.63) is 54.6 Å². The van der Waals surface area contributed by atoms with Gasteiger partial charge in [0.15, 0.2) is 5.11 Å². The molecule has 2 aromatic carbocycles. The van der Waals surface area contributed by atoms with Gasteiger partial charge in [0.1, 0.15) is 0 Å². The maximum absolute atomic E-state index is 13.1. The number of thiocarbonyl (C=S) groups is 1. The van der Waals surface area contributed by atoms with E-state index in [9.17, 15) is 13.2 Å². The molecule has 0 spiro atoms. The number of carbonyl (C=O) groups excluding carboxylic acids is 1. The second-order valence-corrected chi connectivity index (χ2v) is 11.6. The lowest BCUT2D eigenvalue weighted by molar-refractivity contribution is -0.119. The van der Waals surface area contributed by atoms with Gasteiger partial charge >= 0.3 is 0 Å². The zero-order valence-electron chi connectivity index (χ0n) is 22.4. The van der Waals surface area contributed by atoms with Gasteiger partial charge in [-0.05, 0) is 62.0 Å². The van der Waals surface area contributed by atoms with E-state index in [1.165, 1.54) is 62.1 Å². The van der Waals surface area contributed by atoms with Crippen molar-refractivity contribution in [1.29, 1.82) is 0 Å². The van der Waals surface area contributed by atoms with Crippen molar-refractivity contribution >= 4 is 44.6 Å². The van der Waals surface area contributed by atoms with Crippen LogP contribution >= 0.6 is 12.2 Å². The number of sulfonamides is 1. The van der Waals surface area contributed by atoms with E-state index in [0.29, 0.717) is 24.3 Å². The van der Waals surface area contributed by atoms with Crippen LogP contribution in [0.5, 0.6) is 0 Å². The third kappa shape index (κ3) is 11.2. The van der Waals surface area contributed by atoms with Crippen molar-refractivity contribution in [3.63, 3.8) is 0 Å². The van der Waals surface area contributed by atoms with E-state index in [0.717, 1.165) is 12.8 Å². The minimum absolute atomic E-state index is 0.103. The lowest BCUT2D eigenvalue weighted by atomic mass is 10.1. The molecule has 1 amide bonds. The predicted molar refractivity (Wildman–Crippen MR) is 159 cm³/mol. The topological polar surface area (TPSA) is 78.5 Å². The Morgan fingerprint density at radius 2 is 1.32 bits per heavy atom. The number of carbonyl (C=O) groups is 1. The van der Waals surface area contributed by atoms with Crippen LogP contribution in [-0.4, -0.2) is 26.0 Å². The minimum Gasteiger partial charge on any atom is -0.332 e. The highest BCUT2D eigenvalue weighted by atomic mass is 32.2. The molecule has 0 saturated carbocycles. The minimum atomic E-state index is -3.69. The number of nitrogens with one attached hydrogen (secondary N) is 2. The summed E-state index contributed by atoms with van der Waals surface area (Å²) < 4.78 is 27.6. The smallest absolute Gasteiger partial charge is 0.264 e. The number of hydrogen-bond donors (Lipinski definition) is 2. The zero-order valence-corrected chi connectivity index (χ0v) is 24.0. The van der Waals surface area contributed by atoms with Crippen molar-refractivity contribution in [2.45, 2.75) is 95.8 Å². The molecule has 0 saturated heterocycles. The second kappa shape index (κ2) is 17.1. The third-order valence-corrected chi connectivity index (χ3v) is 8.41. The third-order valence-electron chi connectivity index (χ3n) is 6.29. The molecule has 204 valence electrons. The molecule has 2 rings (SSSR count). The van der Waals surface area contributed by atoms with Crippen LogP contribution in [0.2, 0.25) is 0 Å². The second-order valence-electron chi connectivity index (χ2n) is 9.32. The van der Waals surface area contributed by atoms with Gasteiger partial charge in [0.2, 0.25) is 5.91 Å². The van der Waals surface area contributed by atoms with Crippen LogP contribution in [0.15, 0.2) is 59.5 Å². The summed E-state index contributed by atoms with van der Waals surface area (Å²) in [7, 11) is -3.69. The molecule has 0 aliphatic carbocycles. The summed E-state index contributed by atoms with van der Waals surface area (Å²) in [4.78, 5) is 12.4. The molecule has 0 fully saturated rings. The van der Waals surface area contributed by atoms with Gasteiger partial charge in [-0.25, -0.2) is 8.42 Å². The fourth-order valence-electron chi connectivity index (χ4n) is 4.22. The molecule has 0 aliphatic heterocycles. The molecule has 0 aliphatic rings. The average Bonchev–Trinajstić information content (AvgIpc) is 2.88. The lowest BCUT2D eigenvalue weighted by Crippen LogP contribution is -2.34. The quantitative estimate of drug-likeness (QED) is 0.160. The molecule has 2 N–H and O–H groups in total. The van der Waals surface area contributed by atoms with E-state index >= 15 is 0 Å². The lowest BCUT2D eigenvalue weighted by Gasteiger charge is -2.23. The first-order chi connectivity index (χ1) is 17.9. The van der Waals surface area contributed by atoms with Gasteiger partial charge in [-0.1, -0.05) is 89.3 Å². The molecule has 0 atom stereocenters. The van der Waals surface area contributed by atoms with Crippen LogP contribution in [0.25, 0.3) is 0 Å². The van der Waals surface area contributed by atoms with Crippen LogP contribution in [0.1, 0.15) is 90.9 Å². The van der Waals surface area contributed by atoms with Gasteiger partial charge < -0.3 is 10.6 Å². The standard InChI is InChI=1S/C29H43N3O3S2/c1-3-5-6-7-8-9-10-11-12-13-17-20-28(33)31-29(36)30-25-21-23-27(24-22-25)37(34,35)32(4-2)26-18-15-14-16-19-26/h14-16,18-19,21-24H,3-13,17,20H2,1-2H3,(H2,30,31,33,36). The summed E-state index contributed by atoms with van der Waals surface area (Å²) in [6.07, 6.45) is 14.1. The molecule has 0 radical (unpaired) electrons. The Bertz CT molecular complexity index is 1040.